The maximum absolute atomic E-state index is 13.6. The Hall–Kier alpha value is -4.58. The van der Waals surface area contributed by atoms with Gasteiger partial charge in [-0.1, -0.05) is 11.6 Å². The zero-order chi connectivity index (χ0) is 30.7. The number of rotatable bonds is 10. The topological polar surface area (TPSA) is 135 Å². The highest BCUT2D eigenvalue weighted by molar-refractivity contribution is 6.30. The molecular formula is C30H32ClN5O7. The number of methoxy groups -OCH3 is 1. The van der Waals surface area contributed by atoms with Crippen LogP contribution in [0.2, 0.25) is 5.02 Å². The summed E-state index contributed by atoms with van der Waals surface area (Å²) in [6.45, 7) is 4.98. The van der Waals surface area contributed by atoms with Crippen molar-refractivity contribution in [2.75, 3.05) is 20.3 Å². The number of hydrogen-bond acceptors (Lipinski definition) is 9. The number of carbonyl (C=O) groups excluding carboxylic acids is 2. The van der Waals surface area contributed by atoms with Crippen LogP contribution in [-0.4, -0.2) is 63.0 Å². The minimum absolute atomic E-state index is 0.0901. The van der Waals surface area contributed by atoms with Gasteiger partial charge in [-0.25, -0.2) is 19.0 Å². The van der Waals surface area contributed by atoms with E-state index in [1.807, 2.05) is 0 Å². The van der Waals surface area contributed by atoms with Crippen LogP contribution in [0.3, 0.4) is 0 Å². The van der Waals surface area contributed by atoms with E-state index in [4.69, 9.17) is 30.5 Å². The lowest BCUT2D eigenvalue weighted by Crippen LogP contribution is -2.38. The number of nitrogens with zero attached hydrogens (tertiary/aromatic N) is 4. The number of aromatic nitrogens is 4. The van der Waals surface area contributed by atoms with Gasteiger partial charge in [0.05, 0.1) is 29.2 Å². The molecule has 13 heteroatoms. The number of ether oxygens (including phenoxy) is 4. The third-order valence-corrected chi connectivity index (χ3v) is 6.81. The quantitative estimate of drug-likeness (QED) is 0.259. The van der Waals surface area contributed by atoms with Crippen LogP contribution in [0.1, 0.15) is 33.6 Å². The van der Waals surface area contributed by atoms with Gasteiger partial charge in [0.1, 0.15) is 36.8 Å². The molecule has 1 aliphatic rings. The Morgan fingerprint density at radius 2 is 1.88 bits per heavy atom. The van der Waals surface area contributed by atoms with Gasteiger partial charge in [0, 0.05) is 12.3 Å². The maximum Gasteiger partial charge on any atom is 0.408 e. The summed E-state index contributed by atoms with van der Waals surface area (Å²) < 4.78 is 25.2. The molecule has 4 aromatic rings. The first-order chi connectivity index (χ1) is 20.5. The lowest BCUT2D eigenvalue weighted by Gasteiger charge is -2.21. The summed E-state index contributed by atoms with van der Waals surface area (Å²) in [5.74, 6) is 0.366. The average Bonchev–Trinajstić information content (AvgIpc) is 3.72. The first-order valence-corrected chi connectivity index (χ1v) is 14.1. The van der Waals surface area contributed by atoms with Gasteiger partial charge >= 0.3 is 17.8 Å². The van der Waals surface area contributed by atoms with Crippen LogP contribution in [-0.2, 0) is 14.3 Å². The zero-order valence-electron chi connectivity index (χ0n) is 24.2. The molecule has 1 fully saturated rings. The molecule has 0 saturated heterocycles. The van der Waals surface area contributed by atoms with Crippen molar-refractivity contribution in [2.45, 2.75) is 45.3 Å². The molecule has 1 aliphatic carbocycles. The second kappa shape index (κ2) is 12.3. The van der Waals surface area contributed by atoms with Crippen LogP contribution in [0, 0.1) is 5.92 Å². The number of alkyl carbamates (subject to hydrolysis) is 1. The van der Waals surface area contributed by atoms with E-state index in [-0.39, 0.29) is 24.8 Å². The molecule has 1 saturated carbocycles. The van der Waals surface area contributed by atoms with Crippen molar-refractivity contribution < 1.29 is 28.5 Å². The lowest BCUT2D eigenvalue weighted by atomic mass is 10.2. The van der Waals surface area contributed by atoms with Crippen molar-refractivity contribution >= 4 is 29.3 Å². The lowest BCUT2D eigenvalue weighted by molar-refractivity contribution is -0.150. The van der Waals surface area contributed by atoms with Crippen LogP contribution < -0.4 is 20.5 Å². The van der Waals surface area contributed by atoms with E-state index in [0.717, 1.165) is 12.8 Å². The van der Waals surface area contributed by atoms with Gasteiger partial charge in [-0.3, -0.25) is 14.3 Å². The summed E-state index contributed by atoms with van der Waals surface area (Å²) in [6.07, 6.45) is 3.58. The van der Waals surface area contributed by atoms with E-state index in [1.54, 1.807) is 63.2 Å². The van der Waals surface area contributed by atoms with Crippen molar-refractivity contribution in [3.8, 4) is 28.6 Å². The molecule has 3 aromatic heterocycles. The molecule has 0 spiro atoms. The Bertz CT molecular complexity index is 1690. The molecule has 1 aromatic carbocycles. The average molecular weight is 610 g/mol. The molecule has 226 valence electrons. The summed E-state index contributed by atoms with van der Waals surface area (Å²) >= 11 is 5.98. The number of amides is 1. The number of esters is 1. The highest BCUT2D eigenvalue weighted by Gasteiger charge is 2.35. The van der Waals surface area contributed by atoms with Crippen molar-refractivity contribution in [3.63, 3.8) is 0 Å². The highest BCUT2D eigenvalue weighted by atomic mass is 35.5. The molecule has 0 radical (unpaired) electrons. The van der Waals surface area contributed by atoms with E-state index in [2.05, 4.69) is 15.3 Å². The molecule has 0 aliphatic heterocycles. The van der Waals surface area contributed by atoms with Crippen LogP contribution in [0.5, 0.6) is 11.5 Å². The third kappa shape index (κ3) is 7.26. The Morgan fingerprint density at radius 1 is 1.09 bits per heavy atom. The SMILES string of the molecule is COc1cc(-n2cnc3ccc(-c4ccc(Cl)cn4)n3c2=O)ccc1OC[C@H](OC(=O)CNC(=O)OC(C)(C)C)C1CC1. The minimum atomic E-state index is -0.698. The number of carbonyl (C=O) groups is 2. The molecule has 3 heterocycles. The van der Waals surface area contributed by atoms with Gasteiger partial charge < -0.3 is 24.3 Å². The van der Waals surface area contributed by atoms with E-state index in [1.165, 1.54) is 28.6 Å². The molecule has 1 amide bonds. The Kier molecular flexibility index (Phi) is 8.58. The third-order valence-electron chi connectivity index (χ3n) is 6.59. The Labute approximate surface area is 252 Å². The molecular weight excluding hydrogens is 578 g/mol. The summed E-state index contributed by atoms with van der Waals surface area (Å²) in [5, 5.41) is 2.90. The van der Waals surface area contributed by atoms with Gasteiger partial charge in [-0.15, -0.1) is 0 Å². The predicted octanol–water partition coefficient (Wildman–Crippen LogP) is 4.43. The van der Waals surface area contributed by atoms with Gasteiger partial charge in [0.25, 0.3) is 0 Å². The standard InChI is InChI=1S/C30H32ClN5O7/c1-30(2,3)43-28(38)33-15-27(37)42-25(18-5-6-18)16-41-23-11-8-20(13-24(23)40-4)35-17-34-26-12-10-22(36(26)29(35)39)21-9-7-19(31)14-32-21/h7-14,17-18,25H,5-6,15-16H2,1-4H3,(H,33,38)/t25-/m0/s1. The van der Waals surface area contributed by atoms with E-state index in [9.17, 15) is 14.4 Å². The molecule has 1 atom stereocenters. The van der Waals surface area contributed by atoms with Crippen LogP contribution >= 0.6 is 11.6 Å². The van der Waals surface area contributed by atoms with E-state index in [0.29, 0.717) is 39.2 Å². The van der Waals surface area contributed by atoms with Crippen LogP contribution in [0.25, 0.3) is 22.7 Å². The van der Waals surface area contributed by atoms with Crippen molar-refractivity contribution in [2.24, 2.45) is 5.92 Å². The molecule has 43 heavy (non-hydrogen) atoms. The fraction of sp³-hybridized carbons (Fsp3) is 0.367. The number of benzene rings is 1. The fourth-order valence-electron chi connectivity index (χ4n) is 4.41. The van der Waals surface area contributed by atoms with E-state index < -0.39 is 23.8 Å². The Balaban J connectivity index is 1.29. The summed E-state index contributed by atoms with van der Waals surface area (Å²) in [5.41, 5.74) is 1.11. The maximum atomic E-state index is 13.6. The van der Waals surface area contributed by atoms with Crippen LogP contribution in [0.15, 0.2) is 59.8 Å². The van der Waals surface area contributed by atoms with E-state index >= 15 is 0 Å². The summed E-state index contributed by atoms with van der Waals surface area (Å²) in [6, 6.07) is 12.0. The number of nitrogens with one attached hydrogen (secondary N) is 1. The highest BCUT2D eigenvalue weighted by Crippen LogP contribution is 2.36. The molecule has 1 N–H and O–H groups in total. The predicted molar refractivity (Wildman–Crippen MR) is 158 cm³/mol. The zero-order valence-corrected chi connectivity index (χ0v) is 25.0. The molecule has 0 unspecified atom stereocenters. The van der Waals surface area contributed by atoms with Crippen molar-refractivity contribution in [1.29, 1.82) is 0 Å². The summed E-state index contributed by atoms with van der Waals surface area (Å²) in [4.78, 5) is 46.6. The second-order valence-corrected chi connectivity index (χ2v) is 11.5. The monoisotopic (exact) mass is 609 g/mol. The second-order valence-electron chi connectivity index (χ2n) is 11.0. The van der Waals surface area contributed by atoms with Gasteiger partial charge in [0.2, 0.25) is 0 Å². The van der Waals surface area contributed by atoms with Gasteiger partial charge in [-0.2, -0.15) is 0 Å². The van der Waals surface area contributed by atoms with Gasteiger partial charge in [0.15, 0.2) is 11.5 Å². The minimum Gasteiger partial charge on any atom is -0.493 e. The van der Waals surface area contributed by atoms with Crippen LogP contribution in [0.4, 0.5) is 4.79 Å². The number of pyridine rings is 1. The molecule has 5 rings (SSSR count). The molecule has 0 bridgehead atoms. The smallest absolute Gasteiger partial charge is 0.408 e. The first kappa shape index (κ1) is 29.9. The first-order valence-electron chi connectivity index (χ1n) is 13.7. The normalized spacial score (nSPS) is 13.8. The number of halogens is 1. The summed E-state index contributed by atoms with van der Waals surface area (Å²) in [7, 11) is 1.49. The largest absolute Gasteiger partial charge is 0.493 e. The fourth-order valence-corrected chi connectivity index (χ4v) is 4.52. The number of fused-ring (bicyclic) bond motifs is 1. The Morgan fingerprint density at radius 3 is 2.56 bits per heavy atom. The van der Waals surface area contributed by atoms with Gasteiger partial charge in [-0.05, 0) is 75.9 Å². The van der Waals surface area contributed by atoms with Crippen molar-refractivity contribution in [3.05, 3.63) is 70.5 Å². The van der Waals surface area contributed by atoms with Crippen molar-refractivity contribution in [1.82, 2.24) is 24.3 Å². The molecule has 12 nitrogen and oxygen atoms in total. The number of hydrogen-bond donors (Lipinski definition) is 1.